The number of hydrogen-bond acceptors (Lipinski definition) is 8. The van der Waals surface area contributed by atoms with Crippen molar-refractivity contribution >= 4 is 0 Å². The zero-order valence-corrected chi connectivity index (χ0v) is 14.9. The van der Waals surface area contributed by atoms with Crippen LogP contribution in [0.3, 0.4) is 0 Å². The van der Waals surface area contributed by atoms with Gasteiger partial charge >= 0.3 is 0 Å². The van der Waals surface area contributed by atoms with Crippen LogP contribution in [0.5, 0.6) is 0 Å². The molecular weight excluding hydrogens is 332 g/mol. The van der Waals surface area contributed by atoms with Crippen molar-refractivity contribution < 1.29 is 40.9 Å². The molecule has 0 radical (unpaired) electrons. The molecule has 0 saturated heterocycles. The molecule has 0 spiro atoms. The molecule has 0 aliphatic carbocycles. The predicted molar refractivity (Wildman–Crippen MR) is 91.7 cm³/mol. The highest BCUT2D eigenvalue weighted by Crippen LogP contribution is 2.42. The van der Waals surface area contributed by atoms with Crippen LogP contribution >= 0.6 is 0 Å². The third kappa shape index (κ3) is 7.07. The Kier molecular flexibility index (Phi) is 13.7. The number of hydrogen-bond donors (Lipinski definition) is 8. The lowest BCUT2D eigenvalue weighted by atomic mass is 9.63. The lowest BCUT2D eigenvalue weighted by Crippen LogP contribution is -2.60. The maximum atomic E-state index is 10.7. The standard InChI is InChI=1S/C17H36O8/c18-9-1-5-13(22)17(14(23)6-2-10-19,15(24)7-3-11-20)16(25)8-4-12-21/h13-16,18-25H,1-12H2. The minimum atomic E-state index is -1.69. The van der Waals surface area contributed by atoms with Gasteiger partial charge in [0.15, 0.2) is 0 Å². The Morgan fingerprint density at radius 3 is 0.800 bits per heavy atom. The Morgan fingerprint density at radius 1 is 0.440 bits per heavy atom. The van der Waals surface area contributed by atoms with Crippen molar-refractivity contribution in [2.24, 2.45) is 5.41 Å². The zero-order valence-electron chi connectivity index (χ0n) is 14.9. The quantitative estimate of drug-likeness (QED) is 0.163. The predicted octanol–water partition coefficient (Wildman–Crippen LogP) is -1.49. The minimum absolute atomic E-state index is 0.0685. The van der Waals surface area contributed by atoms with Crippen molar-refractivity contribution in [3.63, 3.8) is 0 Å². The number of aliphatic hydroxyl groups is 8. The van der Waals surface area contributed by atoms with Gasteiger partial charge in [0.25, 0.3) is 0 Å². The summed E-state index contributed by atoms with van der Waals surface area (Å²) in [4.78, 5) is 0. The van der Waals surface area contributed by atoms with Gasteiger partial charge < -0.3 is 40.9 Å². The molecule has 4 unspecified atom stereocenters. The van der Waals surface area contributed by atoms with Gasteiger partial charge in [-0.25, -0.2) is 0 Å². The Morgan fingerprint density at radius 2 is 0.640 bits per heavy atom. The topological polar surface area (TPSA) is 162 Å². The minimum Gasteiger partial charge on any atom is -0.396 e. The van der Waals surface area contributed by atoms with E-state index in [0.29, 0.717) is 0 Å². The van der Waals surface area contributed by atoms with Crippen LogP contribution in [0, 0.1) is 5.41 Å². The fourth-order valence-corrected chi connectivity index (χ4v) is 3.47. The van der Waals surface area contributed by atoms with Crippen LogP contribution < -0.4 is 0 Å². The van der Waals surface area contributed by atoms with Crippen LogP contribution in [-0.4, -0.2) is 91.7 Å². The molecule has 4 atom stereocenters. The van der Waals surface area contributed by atoms with E-state index in [1.54, 1.807) is 0 Å². The van der Waals surface area contributed by atoms with Crippen molar-refractivity contribution in [3.8, 4) is 0 Å². The van der Waals surface area contributed by atoms with Crippen molar-refractivity contribution in [2.75, 3.05) is 26.4 Å². The summed E-state index contributed by atoms with van der Waals surface area (Å²) in [7, 11) is 0. The first kappa shape index (κ1) is 24.7. The molecule has 0 bridgehead atoms. The van der Waals surface area contributed by atoms with Crippen LogP contribution in [0.15, 0.2) is 0 Å². The third-order valence-electron chi connectivity index (χ3n) is 4.85. The maximum absolute atomic E-state index is 10.7. The van der Waals surface area contributed by atoms with Crippen LogP contribution in [0.25, 0.3) is 0 Å². The van der Waals surface area contributed by atoms with Gasteiger partial charge in [0.05, 0.1) is 29.8 Å². The smallest absolute Gasteiger partial charge is 0.0739 e. The van der Waals surface area contributed by atoms with Gasteiger partial charge in [-0.1, -0.05) is 0 Å². The molecular formula is C17H36O8. The Labute approximate surface area is 149 Å². The number of aliphatic hydroxyl groups excluding tert-OH is 8. The van der Waals surface area contributed by atoms with Crippen LogP contribution in [0.2, 0.25) is 0 Å². The van der Waals surface area contributed by atoms with Crippen molar-refractivity contribution in [1.82, 2.24) is 0 Å². The normalized spacial score (nSPS) is 19.2. The van der Waals surface area contributed by atoms with E-state index in [4.69, 9.17) is 20.4 Å². The van der Waals surface area contributed by atoms with Gasteiger partial charge in [-0.15, -0.1) is 0 Å². The van der Waals surface area contributed by atoms with Gasteiger partial charge in [-0.05, 0) is 51.4 Å². The SMILES string of the molecule is OCCCC(O)C(C(O)CCCO)(C(O)CCCO)C(O)CCCO. The van der Waals surface area contributed by atoms with Gasteiger partial charge in [0, 0.05) is 26.4 Å². The van der Waals surface area contributed by atoms with Gasteiger partial charge in [0.1, 0.15) is 0 Å². The Bertz CT molecular complexity index is 254. The molecule has 25 heavy (non-hydrogen) atoms. The van der Waals surface area contributed by atoms with Gasteiger partial charge in [-0.3, -0.25) is 0 Å². The molecule has 0 aromatic carbocycles. The monoisotopic (exact) mass is 368 g/mol. The molecule has 0 aromatic rings. The third-order valence-corrected chi connectivity index (χ3v) is 4.85. The highest BCUT2D eigenvalue weighted by Gasteiger charge is 2.53. The summed E-state index contributed by atoms with van der Waals surface area (Å²) < 4.78 is 0. The second-order valence-electron chi connectivity index (χ2n) is 6.53. The van der Waals surface area contributed by atoms with E-state index in [-0.39, 0.29) is 77.8 Å². The molecule has 0 heterocycles. The van der Waals surface area contributed by atoms with Gasteiger partial charge in [0.2, 0.25) is 0 Å². The zero-order chi connectivity index (χ0) is 19.3. The first-order chi connectivity index (χ1) is 11.9. The number of rotatable bonds is 16. The molecule has 152 valence electrons. The van der Waals surface area contributed by atoms with E-state index < -0.39 is 29.8 Å². The lowest BCUT2D eigenvalue weighted by Gasteiger charge is -2.48. The summed E-state index contributed by atoms with van der Waals surface area (Å²) in [5.74, 6) is 0. The fourth-order valence-electron chi connectivity index (χ4n) is 3.47. The van der Waals surface area contributed by atoms with Crippen LogP contribution in [0.1, 0.15) is 51.4 Å². The van der Waals surface area contributed by atoms with E-state index in [1.807, 2.05) is 0 Å². The summed E-state index contributed by atoms with van der Waals surface area (Å²) in [6.07, 6.45) is -3.98. The van der Waals surface area contributed by atoms with Crippen molar-refractivity contribution in [2.45, 2.75) is 75.8 Å². The second-order valence-corrected chi connectivity index (χ2v) is 6.53. The van der Waals surface area contributed by atoms with E-state index in [2.05, 4.69) is 0 Å². The molecule has 8 heteroatoms. The van der Waals surface area contributed by atoms with Crippen LogP contribution in [0.4, 0.5) is 0 Å². The molecule has 0 aromatic heterocycles. The van der Waals surface area contributed by atoms with Gasteiger partial charge in [-0.2, -0.15) is 0 Å². The lowest BCUT2D eigenvalue weighted by molar-refractivity contribution is -0.202. The van der Waals surface area contributed by atoms with E-state index in [9.17, 15) is 20.4 Å². The molecule has 0 amide bonds. The highest BCUT2D eigenvalue weighted by atomic mass is 16.3. The van der Waals surface area contributed by atoms with E-state index >= 15 is 0 Å². The summed E-state index contributed by atoms with van der Waals surface area (Å²) in [5.41, 5.74) is -1.69. The Balaban J connectivity index is 5.71. The maximum Gasteiger partial charge on any atom is 0.0739 e. The highest BCUT2D eigenvalue weighted by molar-refractivity contribution is 5.02. The Hall–Kier alpha value is -0.320. The summed E-state index contributed by atoms with van der Waals surface area (Å²) in [6, 6.07) is 0. The van der Waals surface area contributed by atoms with Crippen LogP contribution in [-0.2, 0) is 0 Å². The first-order valence-corrected chi connectivity index (χ1v) is 9.09. The summed E-state index contributed by atoms with van der Waals surface area (Å²) >= 11 is 0. The largest absolute Gasteiger partial charge is 0.396 e. The molecule has 0 saturated carbocycles. The average molecular weight is 368 g/mol. The fraction of sp³-hybridized carbons (Fsp3) is 1.00. The summed E-state index contributed by atoms with van der Waals surface area (Å²) in [5, 5.41) is 79.0. The summed E-state index contributed by atoms with van der Waals surface area (Å²) in [6.45, 7) is -0.725. The van der Waals surface area contributed by atoms with Crippen molar-refractivity contribution in [1.29, 1.82) is 0 Å². The molecule has 0 aliphatic heterocycles. The molecule has 0 rings (SSSR count). The average Bonchev–Trinajstić information content (AvgIpc) is 2.61. The first-order valence-electron chi connectivity index (χ1n) is 9.09. The molecule has 8 N–H and O–H groups in total. The van der Waals surface area contributed by atoms with Crippen molar-refractivity contribution in [3.05, 3.63) is 0 Å². The van der Waals surface area contributed by atoms with E-state index in [0.717, 1.165) is 0 Å². The molecule has 8 nitrogen and oxygen atoms in total. The molecule has 0 aliphatic rings. The second kappa shape index (κ2) is 13.8. The van der Waals surface area contributed by atoms with E-state index in [1.165, 1.54) is 0 Å². The molecule has 0 fully saturated rings.